The predicted molar refractivity (Wildman–Crippen MR) is 52.9 cm³/mol. The molecule has 0 aromatic heterocycles. The maximum Gasteiger partial charge on any atom is 0.228 e. The Kier molecular flexibility index (Phi) is 4.90. The van der Waals surface area contributed by atoms with Crippen LogP contribution in [0.4, 0.5) is 0 Å². The minimum Gasteiger partial charge on any atom is -0.396 e. The van der Waals surface area contributed by atoms with Gasteiger partial charge in [-0.15, -0.1) is 0 Å². The standard InChI is InChI=1S/C10H19NO3/c1-2-11(5-3-6-12)10(13)9-4-7-14-8-9/h9,12H,2-8H2,1H3. The molecular formula is C10H19NO3. The molecule has 0 aliphatic carbocycles. The van der Waals surface area contributed by atoms with E-state index in [1.54, 1.807) is 4.90 Å². The summed E-state index contributed by atoms with van der Waals surface area (Å²) in [4.78, 5) is 13.6. The van der Waals surface area contributed by atoms with Crippen molar-refractivity contribution in [3.05, 3.63) is 0 Å². The fraction of sp³-hybridized carbons (Fsp3) is 0.900. The van der Waals surface area contributed by atoms with E-state index in [0.717, 1.165) is 13.0 Å². The first-order chi connectivity index (χ1) is 6.79. The van der Waals surface area contributed by atoms with Crippen LogP contribution in [0.3, 0.4) is 0 Å². The van der Waals surface area contributed by atoms with Crippen molar-refractivity contribution in [2.45, 2.75) is 19.8 Å². The van der Waals surface area contributed by atoms with E-state index in [1.807, 2.05) is 6.92 Å². The number of ether oxygens (including phenoxy) is 1. The SMILES string of the molecule is CCN(CCCO)C(=O)C1CCOC1. The van der Waals surface area contributed by atoms with Crippen LogP contribution in [-0.4, -0.2) is 48.8 Å². The highest BCUT2D eigenvalue weighted by atomic mass is 16.5. The Hall–Kier alpha value is -0.610. The molecule has 82 valence electrons. The number of aliphatic hydroxyl groups excluding tert-OH is 1. The summed E-state index contributed by atoms with van der Waals surface area (Å²) in [6, 6.07) is 0. The van der Waals surface area contributed by atoms with Gasteiger partial charge in [0.25, 0.3) is 0 Å². The van der Waals surface area contributed by atoms with Gasteiger partial charge in [0.1, 0.15) is 0 Å². The molecule has 1 rings (SSSR count). The highest BCUT2D eigenvalue weighted by molar-refractivity contribution is 5.79. The van der Waals surface area contributed by atoms with Crippen molar-refractivity contribution in [1.82, 2.24) is 4.90 Å². The normalized spacial score (nSPS) is 21.1. The molecule has 0 radical (unpaired) electrons. The zero-order chi connectivity index (χ0) is 10.4. The number of amides is 1. The van der Waals surface area contributed by atoms with Crippen molar-refractivity contribution in [2.24, 2.45) is 5.92 Å². The third kappa shape index (κ3) is 2.96. The number of carbonyl (C=O) groups excluding carboxylic acids is 1. The van der Waals surface area contributed by atoms with E-state index in [4.69, 9.17) is 9.84 Å². The molecule has 0 bridgehead atoms. The van der Waals surface area contributed by atoms with Gasteiger partial charge in [0.15, 0.2) is 0 Å². The molecule has 14 heavy (non-hydrogen) atoms. The predicted octanol–water partition coefficient (Wildman–Crippen LogP) is 0.254. The average molecular weight is 201 g/mol. The van der Waals surface area contributed by atoms with Crippen molar-refractivity contribution < 1.29 is 14.6 Å². The van der Waals surface area contributed by atoms with Gasteiger partial charge < -0.3 is 14.7 Å². The topological polar surface area (TPSA) is 49.8 Å². The van der Waals surface area contributed by atoms with Gasteiger partial charge in [-0.3, -0.25) is 4.79 Å². The molecular weight excluding hydrogens is 182 g/mol. The van der Waals surface area contributed by atoms with E-state index in [2.05, 4.69) is 0 Å². The number of carbonyl (C=O) groups is 1. The molecule has 1 aliphatic rings. The molecule has 0 spiro atoms. The fourth-order valence-corrected chi connectivity index (χ4v) is 1.67. The molecule has 0 aromatic rings. The summed E-state index contributed by atoms with van der Waals surface area (Å²) < 4.78 is 5.18. The average Bonchev–Trinajstić information content (AvgIpc) is 2.71. The second-order valence-electron chi connectivity index (χ2n) is 3.56. The summed E-state index contributed by atoms with van der Waals surface area (Å²) in [5.74, 6) is 0.229. The number of nitrogens with zero attached hydrogens (tertiary/aromatic N) is 1. The molecule has 1 aliphatic heterocycles. The lowest BCUT2D eigenvalue weighted by molar-refractivity contribution is -0.135. The molecule has 0 aromatic carbocycles. The molecule has 4 heteroatoms. The van der Waals surface area contributed by atoms with E-state index in [-0.39, 0.29) is 18.4 Å². The zero-order valence-electron chi connectivity index (χ0n) is 8.74. The summed E-state index contributed by atoms with van der Waals surface area (Å²) >= 11 is 0. The Morgan fingerprint density at radius 2 is 2.43 bits per heavy atom. The summed E-state index contributed by atoms with van der Waals surface area (Å²) in [7, 11) is 0. The van der Waals surface area contributed by atoms with E-state index in [1.165, 1.54) is 0 Å². The minimum absolute atomic E-state index is 0.0497. The third-order valence-electron chi connectivity index (χ3n) is 2.56. The second kappa shape index (κ2) is 5.98. The highest BCUT2D eigenvalue weighted by Crippen LogP contribution is 2.15. The first kappa shape index (κ1) is 11.5. The van der Waals surface area contributed by atoms with Gasteiger partial charge in [-0.2, -0.15) is 0 Å². The summed E-state index contributed by atoms with van der Waals surface area (Å²) in [5, 5.41) is 8.70. The monoisotopic (exact) mass is 201 g/mol. The van der Waals surface area contributed by atoms with Crippen LogP contribution in [0.15, 0.2) is 0 Å². The summed E-state index contributed by atoms with van der Waals surface area (Å²) in [6.45, 7) is 4.75. The van der Waals surface area contributed by atoms with Gasteiger partial charge in [-0.1, -0.05) is 0 Å². The van der Waals surface area contributed by atoms with Crippen molar-refractivity contribution >= 4 is 5.91 Å². The lowest BCUT2D eigenvalue weighted by Crippen LogP contribution is -2.37. The molecule has 1 fully saturated rings. The van der Waals surface area contributed by atoms with Crippen molar-refractivity contribution in [2.75, 3.05) is 32.9 Å². The van der Waals surface area contributed by atoms with Crippen LogP contribution >= 0.6 is 0 Å². The van der Waals surface area contributed by atoms with Gasteiger partial charge in [0.2, 0.25) is 5.91 Å². The van der Waals surface area contributed by atoms with Gasteiger partial charge in [0.05, 0.1) is 12.5 Å². The molecule has 1 atom stereocenters. The third-order valence-corrected chi connectivity index (χ3v) is 2.56. The first-order valence-corrected chi connectivity index (χ1v) is 5.27. The minimum atomic E-state index is 0.0497. The Morgan fingerprint density at radius 3 is 2.93 bits per heavy atom. The maximum absolute atomic E-state index is 11.8. The molecule has 1 unspecified atom stereocenters. The van der Waals surface area contributed by atoms with E-state index in [9.17, 15) is 4.79 Å². The van der Waals surface area contributed by atoms with Crippen LogP contribution < -0.4 is 0 Å². The van der Waals surface area contributed by atoms with Crippen molar-refractivity contribution in [1.29, 1.82) is 0 Å². The van der Waals surface area contributed by atoms with Crippen LogP contribution in [0.2, 0.25) is 0 Å². The number of aliphatic hydroxyl groups is 1. The van der Waals surface area contributed by atoms with Gasteiger partial charge in [-0.05, 0) is 19.8 Å². The fourth-order valence-electron chi connectivity index (χ4n) is 1.67. The van der Waals surface area contributed by atoms with Gasteiger partial charge in [0, 0.05) is 26.3 Å². The number of hydrogen-bond donors (Lipinski definition) is 1. The van der Waals surface area contributed by atoms with Crippen molar-refractivity contribution in [3.8, 4) is 0 Å². The zero-order valence-corrected chi connectivity index (χ0v) is 8.74. The Bertz CT molecular complexity index is 178. The lowest BCUT2D eigenvalue weighted by Gasteiger charge is -2.23. The van der Waals surface area contributed by atoms with Crippen LogP contribution in [0, 0.1) is 5.92 Å². The van der Waals surface area contributed by atoms with Crippen molar-refractivity contribution in [3.63, 3.8) is 0 Å². The lowest BCUT2D eigenvalue weighted by atomic mass is 10.1. The Morgan fingerprint density at radius 1 is 1.64 bits per heavy atom. The van der Waals surface area contributed by atoms with Crippen LogP contribution in [-0.2, 0) is 9.53 Å². The Labute approximate surface area is 84.8 Å². The summed E-state index contributed by atoms with van der Waals surface area (Å²) in [6.07, 6.45) is 1.50. The van der Waals surface area contributed by atoms with E-state index < -0.39 is 0 Å². The second-order valence-corrected chi connectivity index (χ2v) is 3.56. The molecule has 1 saturated heterocycles. The summed E-state index contributed by atoms with van der Waals surface area (Å²) in [5.41, 5.74) is 0. The van der Waals surface area contributed by atoms with Crippen LogP contribution in [0.25, 0.3) is 0 Å². The highest BCUT2D eigenvalue weighted by Gasteiger charge is 2.26. The molecule has 4 nitrogen and oxygen atoms in total. The largest absolute Gasteiger partial charge is 0.396 e. The molecule has 1 N–H and O–H groups in total. The van der Waals surface area contributed by atoms with Crippen LogP contribution in [0.5, 0.6) is 0 Å². The first-order valence-electron chi connectivity index (χ1n) is 5.27. The van der Waals surface area contributed by atoms with Gasteiger partial charge >= 0.3 is 0 Å². The van der Waals surface area contributed by atoms with Gasteiger partial charge in [-0.25, -0.2) is 0 Å². The molecule has 0 saturated carbocycles. The smallest absolute Gasteiger partial charge is 0.228 e. The maximum atomic E-state index is 11.8. The van der Waals surface area contributed by atoms with E-state index in [0.29, 0.717) is 26.2 Å². The molecule has 1 amide bonds. The molecule has 1 heterocycles. The number of rotatable bonds is 5. The number of hydrogen-bond acceptors (Lipinski definition) is 3. The van der Waals surface area contributed by atoms with E-state index >= 15 is 0 Å². The van der Waals surface area contributed by atoms with Crippen LogP contribution in [0.1, 0.15) is 19.8 Å². The quantitative estimate of drug-likeness (QED) is 0.694. The Balaban J connectivity index is 2.37.